The summed E-state index contributed by atoms with van der Waals surface area (Å²) in [6.07, 6.45) is -0.0456. The highest BCUT2D eigenvalue weighted by Gasteiger charge is 2.17. The van der Waals surface area contributed by atoms with Crippen LogP contribution in [0, 0.1) is 0 Å². The number of hydrogen-bond acceptors (Lipinski definition) is 7. The molecule has 8 nitrogen and oxygen atoms in total. The van der Waals surface area contributed by atoms with Crippen molar-refractivity contribution in [2.24, 2.45) is 0 Å². The lowest BCUT2D eigenvalue weighted by Gasteiger charge is -2.18. The first-order valence-corrected chi connectivity index (χ1v) is 6.41. The minimum absolute atomic E-state index is 0.0456. The predicted molar refractivity (Wildman–Crippen MR) is 76.9 cm³/mol. The number of anilines is 2. The molecule has 0 fully saturated rings. The van der Waals surface area contributed by atoms with E-state index in [-0.39, 0.29) is 18.0 Å². The summed E-state index contributed by atoms with van der Waals surface area (Å²) in [5.74, 6) is 0.605. The molecule has 20 heavy (non-hydrogen) atoms. The molecule has 1 atom stereocenters. The molecular formula is C12H22N6O2. The number of amides is 1. The van der Waals surface area contributed by atoms with Crippen molar-refractivity contribution in [2.75, 3.05) is 31.8 Å². The van der Waals surface area contributed by atoms with Gasteiger partial charge in [0.15, 0.2) is 0 Å². The van der Waals surface area contributed by atoms with E-state index >= 15 is 0 Å². The Labute approximate surface area is 119 Å². The van der Waals surface area contributed by atoms with Gasteiger partial charge in [-0.1, -0.05) is 0 Å². The Hall–Kier alpha value is -2.12. The molecule has 1 heterocycles. The van der Waals surface area contributed by atoms with E-state index in [9.17, 15) is 4.79 Å². The van der Waals surface area contributed by atoms with Gasteiger partial charge in [-0.25, -0.2) is 0 Å². The minimum atomic E-state index is -0.441. The number of likely N-dealkylation sites (N-methyl/N-ethyl adjacent to an activating group) is 1. The fourth-order valence-corrected chi connectivity index (χ4v) is 1.44. The highest BCUT2D eigenvalue weighted by atomic mass is 16.5. The zero-order chi connectivity index (χ0) is 15.3. The molecule has 8 heteroatoms. The van der Waals surface area contributed by atoms with Crippen molar-refractivity contribution >= 4 is 17.8 Å². The molecule has 2 N–H and O–H groups in total. The predicted octanol–water partition coefficient (Wildman–Crippen LogP) is 0.589. The van der Waals surface area contributed by atoms with Gasteiger partial charge in [0.05, 0.1) is 6.10 Å². The Morgan fingerprint density at radius 1 is 1.15 bits per heavy atom. The van der Waals surface area contributed by atoms with Gasteiger partial charge in [-0.2, -0.15) is 15.0 Å². The van der Waals surface area contributed by atoms with Crippen LogP contribution >= 0.6 is 0 Å². The summed E-state index contributed by atoms with van der Waals surface area (Å²) < 4.78 is 5.45. The summed E-state index contributed by atoms with van der Waals surface area (Å²) in [7, 11) is 5.09. The van der Waals surface area contributed by atoms with E-state index in [0.29, 0.717) is 11.9 Å². The fraction of sp³-hybridized carbons (Fsp3) is 0.667. The number of nitrogens with zero attached hydrogens (tertiary/aromatic N) is 4. The topological polar surface area (TPSA) is 92.3 Å². The number of aromatic nitrogens is 3. The van der Waals surface area contributed by atoms with Crippen LogP contribution in [0.2, 0.25) is 0 Å². The number of carbonyl (C=O) groups is 1. The average Bonchev–Trinajstić information content (AvgIpc) is 2.36. The minimum Gasteiger partial charge on any atom is -0.461 e. The average molecular weight is 282 g/mol. The van der Waals surface area contributed by atoms with Crippen molar-refractivity contribution in [3.05, 3.63) is 0 Å². The highest BCUT2D eigenvalue weighted by Crippen LogP contribution is 2.13. The van der Waals surface area contributed by atoms with E-state index in [4.69, 9.17) is 4.74 Å². The van der Waals surface area contributed by atoms with E-state index in [2.05, 4.69) is 25.6 Å². The van der Waals surface area contributed by atoms with Crippen LogP contribution < -0.4 is 15.4 Å². The first-order valence-electron chi connectivity index (χ1n) is 6.41. The summed E-state index contributed by atoms with van der Waals surface area (Å²) in [5.41, 5.74) is 0. The van der Waals surface area contributed by atoms with Crippen LogP contribution in [0.3, 0.4) is 0 Å². The molecule has 0 saturated heterocycles. The van der Waals surface area contributed by atoms with E-state index in [1.165, 1.54) is 4.90 Å². The van der Waals surface area contributed by atoms with Crippen molar-refractivity contribution in [1.29, 1.82) is 0 Å². The van der Waals surface area contributed by atoms with Crippen LogP contribution in [-0.4, -0.2) is 59.0 Å². The van der Waals surface area contributed by atoms with Crippen molar-refractivity contribution in [3.8, 4) is 6.01 Å². The molecule has 0 radical (unpaired) electrons. The Morgan fingerprint density at radius 3 is 2.25 bits per heavy atom. The maximum absolute atomic E-state index is 11.8. The van der Waals surface area contributed by atoms with Crippen molar-refractivity contribution in [3.63, 3.8) is 0 Å². The summed E-state index contributed by atoms with van der Waals surface area (Å²) in [6.45, 7) is 5.51. The van der Waals surface area contributed by atoms with Gasteiger partial charge in [0.1, 0.15) is 6.04 Å². The monoisotopic (exact) mass is 282 g/mol. The summed E-state index contributed by atoms with van der Waals surface area (Å²) >= 11 is 0. The largest absolute Gasteiger partial charge is 0.461 e. The van der Waals surface area contributed by atoms with Crippen molar-refractivity contribution < 1.29 is 9.53 Å². The van der Waals surface area contributed by atoms with Crippen LogP contribution in [0.4, 0.5) is 11.9 Å². The van der Waals surface area contributed by atoms with Crippen LogP contribution in [0.15, 0.2) is 0 Å². The lowest BCUT2D eigenvalue weighted by atomic mass is 10.3. The summed E-state index contributed by atoms with van der Waals surface area (Å²) in [4.78, 5) is 25.7. The van der Waals surface area contributed by atoms with Gasteiger partial charge in [-0.15, -0.1) is 0 Å². The van der Waals surface area contributed by atoms with Crippen molar-refractivity contribution in [1.82, 2.24) is 19.9 Å². The molecule has 0 aliphatic heterocycles. The molecular weight excluding hydrogens is 260 g/mol. The lowest BCUT2D eigenvalue weighted by Crippen LogP contribution is -2.37. The van der Waals surface area contributed by atoms with Gasteiger partial charge >= 0.3 is 6.01 Å². The van der Waals surface area contributed by atoms with Crippen LogP contribution in [0.5, 0.6) is 6.01 Å². The maximum atomic E-state index is 11.8. The third-order valence-corrected chi connectivity index (χ3v) is 2.34. The smallest absolute Gasteiger partial charge is 0.323 e. The Kier molecular flexibility index (Phi) is 5.48. The molecule has 1 aromatic rings. The van der Waals surface area contributed by atoms with Crippen molar-refractivity contribution in [2.45, 2.75) is 32.9 Å². The maximum Gasteiger partial charge on any atom is 0.323 e. The number of hydrogen-bond donors (Lipinski definition) is 2. The molecule has 0 aromatic carbocycles. The number of rotatable bonds is 6. The van der Waals surface area contributed by atoms with E-state index in [1.54, 1.807) is 28.1 Å². The zero-order valence-electron chi connectivity index (χ0n) is 12.8. The standard InChI is InChI=1S/C12H22N6O2/c1-7(2)20-12-16-10(13-4)15-11(17-12)14-8(3)9(19)18(5)6/h7-8H,1-6H3,(H2,13,14,15,16,17). The lowest BCUT2D eigenvalue weighted by molar-refractivity contribution is -0.129. The van der Waals surface area contributed by atoms with Gasteiger partial charge in [0, 0.05) is 21.1 Å². The first-order chi connectivity index (χ1) is 9.33. The molecule has 0 saturated carbocycles. The van der Waals surface area contributed by atoms with Crippen LogP contribution in [0.1, 0.15) is 20.8 Å². The number of carbonyl (C=O) groups excluding carboxylic acids is 1. The van der Waals surface area contributed by atoms with Gasteiger partial charge in [-0.3, -0.25) is 4.79 Å². The fourth-order valence-electron chi connectivity index (χ4n) is 1.44. The molecule has 1 amide bonds. The zero-order valence-corrected chi connectivity index (χ0v) is 12.8. The SMILES string of the molecule is CNc1nc(NC(C)C(=O)N(C)C)nc(OC(C)C)n1. The number of ether oxygens (including phenoxy) is 1. The normalized spacial score (nSPS) is 11.9. The van der Waals surface area contributed by atoms with Crippen LogP contribution in [-0.2, 0) is 4.79 Å². The molecule has 1 unspecified atom stereocenters. The first kappa shape index (κ1) is 15.9. The Bertz CT molecular complexity index is 463. The number of nitrogens with one attached hydrogen (secondary N) is 2. The third-order valence-electron chi connectivity index (χ3n) is 2.34. The molecule has 0 spiro atoms. The molecule has 1 aromatic heterocycles. The summed E-state index contributed by atoms with van der Waals surface area (Å²) in [5, 5.41) is 5.77. The van der Waals surface area contributed by atoms with Crippen LogP contribution in [0.25, 0.3) is 0 Å². The van der Waals surface area contributed by atoms with Gasteiger partial charge in [0.2, 0.25) is 17.8 Å². The van der Waals surface area contributed by atoms with E-state index in [0.717, 1.165) is 0 Å². The second-order valence-electron chi connectivity index (χ2n) is 4.78. The van der Waals surface area contributed by atoms with E-state index < -0.39 is 6.04 Å². The van der Waals surface area contributed by atoms with Gasteiger partial charge in [-0.05, 0) is 20.8 Å². The highest BCUT2D eigenvalue weighted by molar-refractivity contribution is 5.83. The molecule has 112 valence electrons. The molecule has 0 bridgehead atoms. The Balaban J connectivity index is 2.91. The second kappa shape index (κ2) is 6.88. The van der Waals surface area contributed by atoms with E-state index in [1.807, 2.05) is 13.8 Å². The molecule has 1 rings (SSSR count). The molecule has 0 aliphatic carbocycles. The molecule has 0 aliphatic rings. The third kappa shape index (κ3) is 4.52. The quantitative estimate of drug-likeness (QED) is 0.788. The summed E-state index contributed by atoms with van der Waals surface area (Å²) in [6, 6.07) is -0.227. The second-order valence-corrected chi connectivity index (χ2v) is 4.78. The van der Waals surface area contributed by atoms with Gasteiger partial charge < -0.3 is 20.3 Å². The van der Waals surface area contributed by atoms with Gasteiger partial charge in [0.25, 0.3) is 0 Å². The Morgan fingerprint density at radius 2 is 1.75 bits per heavy atom.